The van der Waals surface area contributed by atoms with E-state index in [9.17, 15) is 9.46 Å². The molecule has 3 nitrogen and oxygen atoms in total. The second-order valence-corrected chi connectivity index (χ2v) is 4.30. The third-order valence-electron chi connectivity index (χ3n) is 2.22. The Morgan fingerprint density at radius 1 is 0.812 bits per heavy atom. The van der Waals surface area contributed by atoms with E-state index in [1.807, 2.05) is 60.7 Å². The van der Waals surface area contributed by atoms with Crippen molar-refractivity contribution in [1.82, 2.24) is 0 Å². The fourth-order valence-corrected chi connectivity index (χ4v) is 2.26. The van der Waals surface area contributed by atoms with Crippen LogP contribution in [0.3, 0.4) is 0 Å². The molecule has 0 aliphatic heterocycles. The summed E-state index contributed by atoms with van der Waals surface area (Å²) in [7, 11) is -2.79. The van der Waals surface area contributed by atoms with Gasteiger partial charge in [-0.15, -0.1) is 0 Å². The molecule has 0 fully saturated rings. The molecular weight excluding hydrogens is 221 g/mol. The highest BCUT2D eigenvalue weighted by Crippen LogP contribution is 2.37. The van der Waals surface area contributed by atoms with E-state index in [0.29, 0.717) is 0 Å². The first-order chi connectivity index (χ1) is 7.79. The van der Waals surface area contributed by atoms with Crippen molar-refractivity contribution in [3.63, 3.8) is 0 Å². The lowest BCUT2D eigenvalue weighted by atomic mass is 10.3. The van der Waals surface area contributed by atoms with Crippen molar-refractivity contribution in [2.24, 2.45) is 0 Å². The van der Waals surface area contributed by atoms with E-state index in [1.165, 1.54) is 4.67 Å². The Bertz CT molecular complexity index is 433. The van der Waals surface area contributed by atoms with Gasteiger partial charge in [0.2, 0.25) is 0 Å². The van der Waals surface area contributed by atoms with Crippen molar-refractivity contribution in [2.75, 3.05) is 4.67 Å². The van der Waals surface area contributed by atoms with Gasteiger partial charge < -0.3 is 4.89 Å². The molecule has 0 radical (unpaired) electrons. The quantitative estimate of drug-likeness (QED) is 0.827. The normalized spacial score (nSPS) is 12.1. The van der Waals surface area contributed by atoms with Gasteiger partial charge in [-0.2, -0.15) is 0 Å². The van der Waals surface area contributed by atoms with Gasteiger partial charge in [0.1, 0.15) is 0 Å². The van der Waals surface area contributed by atoms with E-state index < -0.39 is 8.18 Å². The molecule has 0 saturated heterocycles. The number of hydrogen-bond acceptors (Lipinski definition) is 1. The highest BCUT2D eigenvalue weighted by atomic mass is 31.1. The van der Waals surface area contributed by atoms with Gasteiger partial charge in [-0.05, 0) is 24.3 Å². The van der Waals surface area contributed by atoms with Crippen molar-refractivity contribution >= 4 is 19.6 Å². The van der Waals surface area contributed by atoms with Gasteiger partial charge in [-0.25, -0.2) is 0 Å². The van der Waals surface area contributed by atoms with Crippen LogP contribution in [0.15, 0.2) is 60.7 Å². The van der Waals surface area contributed by atoms with Gasteiger partial charge in [0.25, 0.3) is 8.18 Å². The van der Waals surface area contributed by atoms with Gasteiger partial charge in [0, 0.05) is 11.4 Å². The number of rotatable bonds is 3. The first kappa shape index (κ1) is 10.9. The first-order valence-corrected chi connectivity index (χ1v) is 6.22. The van der Waals surface area contributed by atoms with Gasteiger partial charge >= 0.3 is 0 Å². The number of nitrogens with zero attached hydrogens (tertiary/aromatic N) is 1. The van der Waals surface area contributed by atoms with Crippen molar-refractivity contribution in [1.29, 1.82) is 0 Å². The zero-order valence-electron chi connectivity index (χ0n) is 8.58. The van der Waals surface area contributed by atoms with E-state index in [2.05, 4.69) is 0 Å². The summed E-state index contributed by atoms with van der Waals surface area (Å²) in [4.78, 5) is 9.39. The second-order valence-electron chi connectivity index (χ2n) is 3.29. The molecule has 1 unspecified atom stereocenters. The molecule has 4 heteroatoms. The lowest BCUT2D eigenvalue weighted by molar-refractivity contribution is 0.503. The molecule has 0 aliphatic rings. The minimum absolute atomic E-state index is 0.722. The maximum absolute atomic E-state index is 11.4. The molecule has 0 amide bonds. The smallest absolute Gasteiger partial charge is 0.286 e. The SMILES string of the molecule is O=[PH](O)N(c1ccccc1)c1ccccc1. The van der Waals surface area contributed by atoms with E-state index in [0.717, 1.165) is 11.4 Å². The van der Waals surface area contributed by atoms with Crippen LogP contribution in [0.2, 0.25) is 0 Å². The molecular formula is C12H12NO2P. The van der Waals surface area contributed by atoms with E-state index in [-0.39, 0.29) is 0 Å². The predicted molar refractivity (Wildman–Crippen MR) is 66.2 cm³/mol. The van der Waals surface area contributed by atoms with Crippen LogP contribution in [0.25, 0.3) is 0 Å². The summed E-state index contributed by atoms with van der Waals surface area (Å²) in [6.07, 6.45) is 0. The average molecular weight is 233 g/mol. The van der Waals surface area contributed by atoms with E-state index >= 15 is 0 Å². The van der Waals surface area contributed by atoms with Crippen molar-refractivity contribution in [3.8, 4) is 0 Å². The van der Waals surface area contributed by atoms with Crippen molar-refractivity contribution in [2.45, 2.75) is 0 Å². The van der Waals surface area contributed by atoms with Crippen LogP contribution >= 0.6 is 8.18 Å². The van der Waals surface area contributed by atoms with E-state index in [4.69, 9.17) is 0 Å². The first-order valence-electron chi connectivity index (χ1n) is 4.92. The standard InChI is InChI=1S/C12H12NO2P/c14-16(15)13(11-7-3-1-4-8-11)12-9-5-2-6-10-12/h1-10,16H,(H,14,15). The molecule has 0 aromatic heterocycles. The molecule has 16 heavy (non-hydrogen) atoms. The minimum Gasteiger partial charge on any atom is -0.331 e. The lowest BCUT2D eigenvalue weighted by Crippen LogP contribution is -2.05. The van der Waals surface area contributed by atoms with Crippen molar-refractivity contribution in [3.05, 3.63) is 60.7 Å². The number of benzene rings is 2. The minimum atomic E-state index is -2.79. The molecule has 0 saturated carbocycles. The third-order valence-corrected chi connectivity index (χ3v) is 3.12. The summed E-state index contributed by atoms with van der Waals surface area (Å²) in [5.74, 6) is 0. The molecule has 0 bridgehead atoms. The molecule has 1 atom stereocenters. The topological polar surface area (TPSA) is 40.5 Å². The predicted octanol–water partition coefficient (Wildman–Crippen LogP) is 3.21. The zero-order valence-corrected chi connectivity index (χ0v) is 9.58. The monoisotopic (exact) mass is 233 g/mol. The molecule has 2 aromatic carbocycles. The number of hydrogen-bond donors (Lipinski definition) is 1. The summed E-state index contributed by atoms with van der Waals surface area (Å²) in [5, 5.41) is 0. The fourth-order valence-electron chi connectivity index (χ4n) is 1.52. The van der Waals surface area contributed by atoms with Gasteiger partial charge in [-0.1, -0.05) is 36.4 Å². The van der Waals surface area contributed by atoms with Crippen LogP contribution in [0.5, 0.6) is 0 Å². The molecule has 1 N–H and O–H groups in total. The second kappa shape index (κ2) is 4.97. The fraction of sp³-hybridized carbons (Fsp3) is 0. The maximum Gasteiger partial charge on any atom is 0.286 e. The Kier molecular flexibility index (Phi) is 3.40. The third kappa shape index (κ3) is 2.32. The Hall–Kier alpha value is -1.57. The van der Waals surface area contributed by atoms with Gasteiger partial charge in [0.05, 0.1) is 0 Å². The van der Waals surface area contributed by atoms with Gasteiger partial charge in [0.15, 0.2) is 0 Å². The molecule has 0 spiro atoms. The largest absolute Gasteiger partial charge is 0.331 e. The van der Waals surface area contributed by atoms with Crippen LogP contribution in [0, 0.1) is 0 Å². The van der Waals surface area contributed by atoms with Crippen LogP contribution in [-0.2, 0) is 4.57 Å². The molecule has 0 heterocycles. The Balaban J connectivity index is 2.44. The highest BCUT2D eigenvalue weighted by Gasteiger charge is 2.12. The molecule has 2 aromatic rings. The summed E-state index contributed by atoms with van der Waals surface area (Å²) in [5.41, 5.74) is 1.44. The van der Waals surface area contributed by atoms with Crippen LogP contribution < -0.4 is 4.67 Å². The Morgan fingerprint density at radius 3 is 1.50 bits per heavy atom. The van der Waals surface area contributed by atoms with Crippen LogP contribution in [-0.4, -0.2) is 4.89 Å². The Morgan fingerprint density at radius 2 is 1.19 bits per heavy atom. The van der Waals surface area contributed by atoms with Gasteiger partial charge in [-0.3, -0.25) is 9.24 Å². The summed E-state index contributed by atoms with van der Waals surface area (Å²) < 4.78 is 12.8. The average Bonchev–Trinajstić information content (AvgIpc) is 2.31. The van der Waals surface area contributed by atoms with Crippen LogP contribution in [0.4, 0.5) is 11.4 Å². The number of anilines is 2. The summed E-state index contributed by atoms with van der Waals surface area (Å²) in [6, 6.07) is 18.4. The van der Waals surface area contributed by atoms with Crippen molar-refractivity contribution < 1.29 is 9.46 Å². The molecule has 82 valence electrons. The zero-order chi connectivity index (χ0) is 11.4. The molecule has 0 aliphatic carbocycles. The molecule has 2 rings (SSSR count). The number of para-hydroxylation sites is 2. The van der Waals surface area contributed by atoms with E-state index in [1.54, 1.807) is 0 Å². The highest BCUT2D eigenvalue weighted by molar-refractivity contribution is 7.40. The maximum atomic E-state index is 11.4. The van der Waals surface area contributed by atoms with Crippen LogP contribution in [0.1, 0.15) is 0 Å². The summed E-state index contributed by atoms with van der Waals surface area (Å²) >= 11 is 0. The Labute approximate surface area is 94.9 Å². The summed E-state index contributed by atoms with van der Waals surface area (Å²) in [6.45, 7) is 0. The lowest BCUT2D eigenvalue weighted by Gasteiger charge is -2.21.